The molecule has 0 saturated carbocycles. The highest BCUT2D eigenvalue weighted by molar-refractivity contribution is 6.28. The van der Waals surface area contributed by atoms with E-state index in [9.17, 15) is 19.8 Å². The average Bonchev–Trinajstić information content (AvgIpc) is 2.94. The van der Waals surface area contributed by atoms with E-state index in [1.807, 2.05) is 13.0 Å². The van der Waals surface area contributed by atoms with E-state index in [-0.39, 0.29) is 23.6 Å². The molecule has 6 nitrogen and oxygen atoms in total. The summed E-state index contributed by atoms with van der Waals surface area (Å²) in [5.74, 6) is -1.12. The number of anilines is 1. The summed E-state index contributed by atoms with van der Waals surface area (Å²) in [6, 6.07) is 11.8. The van der Waals surface area contributed by atoms with E-state index in [0.29, 0.717) is 23.5 Å². The number of hydrogen-bond donors (Lipinski definition) is 2. The van der Waals surface area contributed by atoms with Crippen molar-refractivity contribution in [2.45, 2.75) is 18.9 Å². The number of carboxylic acids is 1. The Kier molecular flexibility index (Phi) is 3.27. The maximum absolute atomic E-state index is 12.9. The molecule has 4 rings (SSSR count). The molecule has 2 N–H and O–H groups in total. The van der Waals surface area contributed by atoms with Crippen LogP contribution in [0.4, 0.5) is 11.4 Å². The van der Waals surface area contributed by atoms with Crippen LogP contribution in [0.1, 0.15) is 32.7 Å². The van der Waals surface area contributed by atoms with Gasteiger partial charge in [-0.05, 0) is 37.3 Å². The second-order valence-corrected chi connectivity index (χ2v) is 6.40. The first-order valence-electron chi connectivity index (χ1n) is 7.98. The van der Waals surface area contributed by atoms with Gasteiger partial charge in [-0.2, -0.15) is 0 Å². The molecule has 0 unspecified atom stereocenters. The molecule has 25 heavy (non-hydrogen) atoms. The van der Waals surface area contributed by atoms with Crippen molar-refractivity contribution in [3.63, 3.8) is 0 Å². The number of Topliss-reactive ketones (excluding diaryl/α,β-unsaturated/α-hetero) is 1. The maximum atomic E-state index is 12.9. The van der Waals surface area contributed by atoms with Gasteiger partial charge in [0.15, 0.2) is 5.60 Å². The molecule has 1 atom stereocenters. The number of carbonyl (C=O) groups is 2. The van der Waals surface area contributed by atoms with Crippen LogP contribution in [0.25, 0.3) is 0 Å². The molecule has 2 aromatic carbocycles. The van der Waals surface area contributed by atoms with Gasteiger partial charge in [-0.15, -0.1) is 0 Å². The number of aliphatic hydroxyl groups is 1. The molecule has 0 radical (unpaired) electrons. The van der Waals surface area contributed by atoms with Crippen molar-refractivity contribution in [1.29, 1.82) is 0 Å². The molecule has 1 saturated heterocycles. The molecule has 0 spiro atoms. The third kappa shape index (κ3) is 2.26. The maximum Gasteiger partial charge on any atom is 0.335 e. The SMILES string of the molecule is Cc1ccc2c(c1)C(=O)[C@]1(O)CCN(c3cccc(C(=O)O)c3)C1=N2. The zero-order valence-electron chi connectivity index (χ0n) is 13.6. The number of carboxylic acid groups (broad SMARTS) is 1. The van der Waals surface area contributed by atoms with Crippen LogP contribution in [0.5, 0.6) is 0 Å². The number of carbonyl (C=O) groups excluding carboxylic acids is 1. The van der Waals surface area contributed by atoms with Gasteiger partial charge in [-0.25, -0.2) is 9.79 Å². The summed E-state index contributed by atoms with van der Waals surface area (Å²) in [6.45, 7) is 2.27. The molecule has 2 aliphatic heterocycles. The van der Waals surface area contributed by atoms with Crippen LogP contribution in [0.2, 0.25) is 0 Å². The van der Waals surface area contributed by atoms with E-state index < -0.39 is 11.6 Å². The Morgan fingerprint density at radius 1 is 1.24 bits per heavy atom. The lowest BCUT2D eigenvalue weighted by Crippen LogP contribution is -2.48. The van der Waals surface area contributed by atoms with Crippen LogP contribution >= 0.6 is 0 Å². The molecular formula is C19H16N2O4. The van der Waals surface area contributed by atoms with E-state index in [4.69, 9.17) is 0 Å². The Morgan fingerprint density at radius 3 is 2.80 bits per heavy atom. The predicted molar refractivity (Wildman–Crippen MR) is 92.9 cm³/mol. The quantitative estimate of drug-likeness (QED) is 0.879. The van der Waals surface area contributed by atoms with Gasteiger partial charge < -0.3 is 15.1 Å². The van der Waals surface area contributed by atoms with Gasteiger partial charge in [0.2, 0.25) is 5.78 Å². The fraction of sp³-hybridized carbons (Fsp3) is 0.211. The van der Waals surface area contributed by atoms with Gasteiger partial charge in [0.1, 0.15) is 5.84 Å². The van der Waals surface area contributed by atoms with Crippen molar-refractivity contribution < 1.29 is 19.8 Å². The van der Waals surface area contributed by atoms with E-state index in [0.717, 1.165) is 5.56 Å². The second-order valence-electron chi connectivity index (χ2n) is 6.40. The third-order valence-corrected chi connectivity index (χ3v) is 4.73. The molecular weight excluding hydrogens is 320 g/mol. The monoisotopic (exact) mass is 336 g/mol. The molecule has 0 bridgehead atoms. The Labute approximate surface area is 144 Å². The number of benzene rings is 2. The standard InChI is InChI=1S/C19H16N2O4/c1-11-5-6-15-14(9-11)16(22)19(25)7-8-21(18(19)20-15)13-4-2-3-12(10-13)17(23)24/h2-6,9-10,25H,7-8H2,1H3,(H,23,24)/t19-/m1/s1. The summed E-state index contributed by atoms with van der Waals surface area (Å²) in [5, 5.41) is 20.2. The summed E-state index contributed by atoms with van der Waals surface area (Å²) in [4.78, 5) is 30.3. The Morgan fingerprint density at radius 2 is 2.04 bits per heavy atom. The summed E-state index contributed by atoms with van der Waals surface area (Å²) < 4.78 is 0. The van der Waals surface area contributed by atoms with E-state index in [1.54, 1.807) is 29.2 Å². The molecule has 2 aromatic rings. The minimum atomic E-state index is -1.67. The van der Waals surface area contributed by atoms with Crippen LogP contribution < -0.4 is 4.90 Å². The lowest BCUT2D eigenvalue weighted by Gasteiger charge is -2.30. The van der Waals surface area contributed by atoms with Crippen molar-refractivity contribution in [2.75, 3.05) is 11.4 Å². The molecule has 1 fully saturated rings. The molecule has 6 heteroatoms. The summed E-state index contributed by atoms with van der Waals surface area (Å²) in [6.07, 6.45) is 0.218. The van der Waals surface area contributed by atoms with Crippen LogP contribution in [-0.2, 0) is 0 Å². The van der Waals surface area contributed by atoms with E-state index in [1.165, 1.54) is 12.1 Å². The van der Waals surface area contributed by atoms with Gasteiger partial charge >= 0.3 is 5.97 Å². The predicted octanol–water partition coefficient (Wildman–Crippen LogP) is 2.56. The van der Waals surface area contributed by atoms with Gasteiger partial charge in [-0.3, -0.25) is 4.79 Å². The second kappa shape index (κ2) is 5.26. The highest BCUT2D eigenvalue weighted by Crippen LogP contribution is 2.39. The number of ketones is 1. The summed E-state index contributed by atoms with van der Waals surface area (Å²) in [7, 11) is 0. The molecule has 2 heterocycles. The number of aliphatic imine (C=N–C) groups is 1. The number of hydrogen-bond acceptors (Lipinski definition) is 5. The Hall–Kier alpha value is -2.99. The molecule has 0 amide bonds. The minimum absolute atomic E-state index is 0.145. The van der Waals surface area contributed by atoms with Crippen LogP contribution in [0, 0.1) is 6.92 Å². The number of aryl methyl sites for hydroxylation is 1. The minimum Gasteiger partial charge on any atom is -0.478 e. The van der Waals surface area contributed by atoms with Crippen LogP contribution in [0.15, 0.2) is 47.5 Å². The number of fused-ring (bicyclic) bond motifs is 2. The van der Waals surface area contributed by atoms with Gasteiger partial charge in [-0.1, -0.05) is 17.7 Å². The Bertz CT molecular complexity index is 950. The third-order valence-electron chi connectivity index (χ3n) is 4.73. The van der Waals surface area contributed by atoms with Gasteiger partial charge in [0, 0.05) is 24.2 Å². The van der Waals surface area contributed by atoms with Crippen molar-refractivity contribution in [3.05, 3.63) is 59.2 Å². The zero-order valence-corrected chi connectivity index (χ0v) is 13.6. The van der Waals surface area contributed by atoms with Crippen LogP contribution in [0.3, 0.4) is 0 Å². The largest absolute Gasteiger partial charge is 0.478 e. The first-order chi connectivity index (χ1) is 11.9. The smallest absolute Gasteiger partial charge is 0.335 e. The number of aromatic carboxylic acids is 1. The van der Waals surface area contributed by atoms with Crippen molar-refractivity contribution >= 4 is 29.0 Å². The zero-order chi connectivity index (χ0) is 17.8. The Balaban J connectivity index is 1.84. The molecule has 0 aromatic heterocycles. The van der Waals surface area contributed by atoms with Gasteiger partial charge in [0.05, 0.1) is 11.3 Å². The lowest BCUT2D eigenvalue weighted by atomic mass is 9.87. The molecule has 2 aliphatic rings. The number of rotatable bonds is 2. The first kappa shape index (κ1) is 15.5. The number of nitrogens with zero attached hydrogens (tertiary/aromatic N) is 2. The fourth-order valence-corrected chi connectivity index (χ4v) is 3.41. The first-order valence-corrected chi connectivity index (χ1v) is 7.98. The summed E-state index contributed by atoms with van der Waals surface area (Å²) >= 11 is 0. The topological polar surface area (TPSA) is 90.2 Å². The highest BCUT2D eigenvalue weighted by atomic mass is 16.4. The lowest BCUT2D eigenvalue weighted by molar-refractivity contribution is 0.0602. The van der Waals surface area contributed by atoms with Crippen LogP contribution in [-0.4, -0.2) is 39.9 Å². The van der Waals surface area contributed by atoms with Crippen molar-refractivity contribution in [3.8, 4) is 0 Å². The average molecular weight is 336 g/mol. The fourth-order valence-electron chi connectivity index (χ4n) is 3.41. The molecule has 126 valence electrons. The van der Waals surface area contributed by atoms with E-state index >= 15 is 0 Å². The molecule has 0 aliphatic carbocycles. The normalized spacial score (nSPS) is 21.6. The summed E-state index contributed by atoms with van der Waals surface area (Å²) in [5.41, 5.74) is 0.951. The van der Waals surface area contributed by atoms with Crippen molar-refractivity contribution in [1.82, 2.24) is 0 Å². The van der Waals surface area contributed by atoms with Crippen molar-refractivity contribution in [2.24, 2.45) is 4.99 Å². The highest BCUT2D eigenvalue weighted by Gasteiger charge is 2.52. The van der Waals surface area contributed by atoms with Gasteiger partial charge in [0.25, 0.3) is 0 Å². The number of amidine groups is 1. The van der Waals surface area contributed by atoms with E-state index in [2.05, 4.69) is 4.99 Å².